The van der Waals surface area contributed by atoms with Gasteiger partial charge in [0.1, 0.15) is 23.1 Å². The van der Waals surface area contributed by atoms with E-state index in [9.17, 15) is 13.2 Å². The van der Waals surface area contributed by atoms with Gasteiger partial charge in [-0.25, -0.2) is 13.2 Å². The average molecular weight is 360 g/mol. The first-order valence-corrected chi connectivity index (χ1v) is 7.79. The first-order valence-electron chi connectivity index (χ1n) is 7.79. The molecule has 0 fully saturated rings. The molecule has 8 heteroatoms. The third-order valence-electron chi connectivity index (χ3n) is 3.66. The molecule has 0 atom stereocenters. The Morgan fingerprint density at radius 1 is 1.12 bits per heavy atom. The van der Waals surface area contributed by atoms with Crippen LogP contribution in [0, 0.1) is 17.5 Å². The molecule has 0 bridgehead atoms. The van der Waals surface area contributed by atoms with E-state index in [1.54, 1.807) is 25.1 Å². The standard InChI is InChI=1S/C18H15F3N4O/c1-2-14(23-15-6-4-3-5-13(15)21)16(22)18-24-17(25-26-18)11-9-10(19)7-8-12(11)20/h3-9,23H,2,22H2,1H3/b16-14-. The normalized spacial score (nSPS) is 12.0. The van der Waals surface area contributed by atoms with Crippen molar-refractivity contribution >= 4 is 11.4 Å². The molecule has 0 saturated heterocycles. The molecular formula is C18H15F3N4O. The van der Waals surface area contributed by atoms with Crippen molar-refractivity contribution in [1.82, 2.24) is 10.1 Å². The zero-order valence-corrected chi connectivity index (χ0v) is 13.8. The Hall–Kier alpha value is -3.29. The van der Waals surface area contributed by atoms with Crippen molar-refractivity contribution in [2.45, 2.75) is 13.3 Å². The molecule has 0 aliphatic heterocycles. The summed E-state index contributed by atoms with van der Waals surface area (Å²) in [6.07, 6.45) is 0.423. The highest BCUT2D eigenvalue weighted by Crippen LogP contribution is 2.24. The molecule has 3 N–H and O–H groups in total. The zero-order chi connectivity index (χ0) is 18.7. The fraction of sp³-hybridized carbons (Fsp3) is 0.111. The van der Waals surface area contributed by atoms with Gasteiger partial charge in [0.15, 0.2) is 0 Å². The number of para-hydroxylation sites is 1. The van der Waals surface area contributed by atoms with Crippen molar-refractivity contribution in [3.63, 3.8) is 0 Å². The molecule has 26 heavy (non-hydrogen) atoms. The van der Waals surface area contributed by atoms with E-state index >= 15 is 0 Å². The van der Waals surface area contributed by atoms with Crippen molar-refractivity contribution in [2.24, 2.45) is 5.73 Å². The predicted octanol–water partition coefficient (Wildman–Crippen LogP) is 4.30. The molecule has 0 spiro atoms. The number of nitrogens with zero attached hydrogens (tertiary/aromatic N) is 2. The number of allylic oxidation sites excluding steroid dienone is 1. The molecule has 3 rings (SSSR count). The van der Waals surface area contributed by atoms with Crippen LogP contribution in [0.25, 0.3) is 17.1 Å². The smallest absolute Gasteiger partial charge is 0.275 e. The van der Waals surface area contributed by atoms with Gasteiger partial charge in [-0.1, -0.05) is 24.2 Å². The third kappa shape index (κ3) is 3.53. The fourth-order valence-electron chi connectivity index (χ4n) is 2.31. The highest BCUT2D eigenvalue weighted by Gasteiger charge is 2.17. The SMILES string of the molecule is CC/C(Nc1ccccc1F)=C(/N)c1nc(-c2cc(F)ccc2F)no1. The van der Waals surface area contributed by atoms with E-state index in [0.29, 0.717) is 12.1 Å². The molecular weight excluding hydrogens is 345 g/mol. The van der Waals surface area contributed by atoms with Crippen molar-refractivity contribution in [2.75, 3.05) is 5.32 Å². The second-order valence-electron chi connectivity index (χ2n) is 5.40. The average Bonchev–Trinajstić information content (AvgIpc) is 3.12. The number of aromatic nitrogens is 2. The van der Waals surface area contributed by atoms with Gasteiger partial charge in [-0.3, -0.25) is 0 Å². The molecule has 0 saturated carbocycles. The predicted molar refractivity (Wildman–Crippen MR) is 91.1 cm³/mol. The molecule has 5 nitrogen and oxygen atoms in total. The molecule has 0 unspecified atom stereocenters. The van der Waals surface area contributed by atoms with Gasteiger partial charge in [0.2, 0.25) is 5.82 Å². The van der Waals surface area contributed by atoms with Crippen LogP contribution in [0.3, 0.4) is 0 Å². The van der Waals surface area contributed by atoms with E-state index in [1.807, 2.05) is 0 Å². The molecule has 2 aromatic carbocycles. The largest absolute Gasteiger partial charge is 0.393 e. The Morgan fingerprint density at radius 2 is 1.88 bits per heavy atom. The molecule has 0 amide bonds. The molecule has 0 aliphatic rings. The summed E-state index contributed by atoms with van der Waals surface area (Å²) in [6, 6.07) is 9.02. The van der Waals surface area contributed by atoms with E-state index < -0.39 is 17.5 Å². The number of rotatable bonds is 5. The van der Waals surface area contributed by atoms with Crippen LogP contribution in [-0.2, 0) is 0 Å². The van der Waals surface area contributed by atoms with Crippen LogP contribution in [0.1, 0.15) is 19.2 Å². The maximum absolute atomic E-state index is 13.8. The summed E-state index contributed by atoms with van der Waals surface area (Å²) in [4.78, 5) is 4.01. The first-order chi connectivity index (χ1) is 12.5. The number of halogens is 3. The Labute approximate surface area is 147 Å². The molecule has 134 valence electrons. The summed E-state index contributed by atoms with van der Waals surface area (Å²) in [6.45, 7) is 1.81. The van der Waals surface area contributed by atoms with Gasteiger partial charge in [0, 0.05) is 5.70 Å². The monoisotopic (exact) mass is 360 g/mol. The summed E-state index contributed by atoms with van der Waals surface area (Å²) in [5.74, 6) is -1.99. The van der Waals surface area contributed by atoms with Crippen LogP contribution in [0.15, 0.2) is 52.7 Å². The quantitative estimate of drug-likeness (QED) is 0.709. The summed E-state index contributed by atoms with van der Waals surface area (Å²) >= 11 is 0. The van der Waals surface area contributed by atoms with E-state index in [-0.39, 0.29) is 28.7 Å². The summed E-state index contributed by atoms with van der Waals surface area (Å²) in [5, 5.41) is 6.52. The second-order valence-corrected chi connectivity index (χ2v) is 5.40. The molecule has 1 aromatic heterocycles. The highest BCUT2D eigenvalue weighted by molar-refractivity contribution is 5.66. The Morgan fingerprint density at radius 3 is 2.62 bits per heavy atom. The van der Waals surface area contributed by atoms with Gasteiger partial charge >= 0.3 is 0 Å². The van der Waals surface area contributed by atoms with Crippen LogP contribution in [0.2, 0.25) is 0 Å². The van der Waals surface area contributed by atoms with Gasteiger partial charge < -0.3 is 15.6 Å². The fourth-order valence-corrected chi connectivity index (χ4v) is 2.31. The Bertz CT molecular complexity index is 969. The van der Waals surface area contributed by atoms with Gasteiger partial charge in [0.05, 0.1) is 11.3 Å². The lowest BCUT2D eigenvalue weighted by Gasteiger charge is -2.11. The number of benzene rings is 2. The van der Waals surface area contributed by atoms with E-state index in [4.69, 9.17) is 10.3 Å². The topological polar surface area (TPSA) is 77.0 Å². The van der Waals surface area contributed by atoms with Crippen molar-refractivity contribution < 1.29 is 17.7 Å². The molecule has 3 aromatic rings. The van der Waals surface area contributed by atoms with Crippen LogP contribution in [-0.4, -0.2) is 10.1 Å². The minimum Gasteiger partial charge on any atom is -0.393 e. The maximum atomic E-state index is 13.8. The Kier molecular flexibility index (Phi) is 4.92. The highest BCUT2D eigenvalue weighted by atomic mass is 19.1. The van der Waals surface area contributed by atoms with E-state index in [1.165, 1.54) is 6.07 Å². The number of hydrogen-bond donors (Lipinski definition) is 2. The lowest BCUT2D eigenvalue weighted by molar-refractivity contribution is 0.407. The lowest BCUT2D eigenvalue weighted by atomic mass is 10.2. The lowest BCUT2D eigenvalue weighted by Crippen LogP contribution is -2.09. The zero-order valence-electron chi connectivity index (χ0n) is 13.8. The van der Waals surface area contributed by atoms with Gasteiger partial charge in [-0.2, -0.15) is 4.98 Å². The van der Waals surface area contributed by atoms with Crippen molar-refractivity contribution in [3.05, 3.63) is 71.5 Å². The van der Waals surface area contributed by atoms with Gasteiger partial charge in [-0.05, 0) is 36.8 Å². The molecule has 0 radical (unpaired) electrons. The van der Waals surface area contributed by atoms with Crippen LogP contribution in [0.4, 0.5) is 18.9 Å². The van der Waals surface area contributed by atoms with E-state index in [0.717, 1.165) is 18.2 Å². The van der Waals surface area contributed by atoms with Crippen molar-refractivity contribution in [1.29, 1.82) is 0 Å². The van der Waals surface area contributed by atoms with Crippen LogP contribution in [0.5, 0.6) is 0 Å². The Balaban J connectivity index is 1.94. The number of nitrogens with two attached hydrogens (primary N) is 1. The molecule has 0 aliphatic carbocycles. The number of hydrogen-bond acceptors (Lipinski definition) is 5. The van der Waals surface area contributed by atoms with E-state index in [2.05, 4.69) is 15.5 Å². The van der Waals surface area contributed by atoms with Gasteiger partial charge in [0.25, 0.3) is 5.89 Å². The van der Waals surface area contributed by atoms with Crippen molar-refractivity contribution in [3.8, 4) is 11.4 Å². The first kappa shape index (κ1) is 17.5. The third-order valence-corrected chi connectivity index (χ3v) is 3.66. The number of nitrogens with one attached hydrogen (secondary N) is 1. The summed E-state index contributed by atoms with van der Waals surface area (Å²) < 4.78 is 46.0. The minimum atomic E-state index is -0.693. The maximum Gasteiger partial charge on any atom is 0.275 e. The summed E-state index contributed by atoms with van der Waals surface area (Å²) in [5.41, 5.74) is 6.67. The minimum absolute atomic E-state index is 0.0793. The summed E-state index contributed by atoms with van der Waals surface area (Å²) in [7, 11) is 0. The van der Waals surface area contributed by atoms with Crippen LogP contribution < -0.4 is 11.1 Å². The van der Waals surface area contributed by atoms with Crippen LogP contribution >= 0.6 is 0 Å². The number of anilines is 1. The second kappa shape index (κ2) is 7.30. The van der Waals surface area contributed by atoms with Gasteiger partial charge in [-0.15, -0.1) is 0 Å². The molecule has 1 heterocycles.